The third kappa shape index (κ3) is 5.66. The van der Waals surface area contributed by atoms with Gasteiger partial charge in [-0.15, -0.1) is 0 Å². The third-order valence-electron chi connectivity index (χ3n) is 3.65. The number of nitro groups is 1. The highest BCUT2D eigenvalue weighted by atomic mass is 35.5. The number of ether oxygens (including phenoxy) is 1. The maximum Gasteiger partial charge on any atom is 0.341 e. The molecular formula is C18H18ClN3O6. The lowest BCUT2D eigenvalue weighted by atomic mass is 10.1. The van der Waals surface area contributed by atoms with Crippen LogP contribution in [0.1, 0.15) is 15.9 Å². The number of rotatable bonds is 8. The van der Waals surface area contributed by atoms with Gasteiger partial charge >= 0.3 is 5.97 Å². The van der Waals surface area contributed by atoms with E-state index in [1.807, 2.05) is 6.92 Å². The van der Waals surface area contributed by atoms with Gasteiger partial charge in [-0.3, -0.25) is 14.9 Å². The monoisotopic (exact) mass is 407 g/mol. The van der Waals surface area contributed by atoms with Crippen LogP contribution in [0.3, 0.4) is 0 Å². The Morgan fingerprint density at radius 3 is 2.64 bits per heavy atom. The predicted molar refractivity (Wildman–Crippen MR) is 104 cm³/mol. The normalized spacial score (nSPS) is 10.2. The summed E-state index contributed by atoms with van der Waals surface area (Å²) in [4.78, 5) is 34.6. The molecule has 0 atom stereocenters. The van der Waals surface area contributed by atoms with Crippen molar-refractivity contribution in [2.45, 2.75) is 6.92 Å². The lowest BCUT2D eigenvalue weighted by molar-refractivity contribution is -0.384. The number of halogens is 1. The first kappa shape index (κ1) is 21.1. The molecule has 2 rings (SSSR count). The standard InChI is InChI=1S/C18H18ClN3O6/c1-11-2-3-12(8-15(11)19)21-17(24)10-28-18(25)14-9-13(22(26)27)4-5-16(14)20-6-7-23/h2-5,8-9,20,23H,6-7,10H2,1H3,(H,21,24). The van der Waals surface area contributed by atoms with Crippen molar-refractivity contribution in [2.24, 2.45) is 0 Å². The van der Waals surface area contributed by atoms with Crippen LogP contribution in [0.25, 0.3) is 0 Å². The van der Waals surface area contributed by atoms with Gasteiger partial charge in [-0.25, -0.2) is 4.79 Å². The molecule has 148 valence electrons. The predicted octanol–water partition coefficient (Wildman–Crippen LogP) is 2.76. The lowest BCUT2D eigenvalue weighted by Crippen LogP contribution is -2.21. The summed E-state index contributed by atoms with van der Waals surface area (Å²) in [5.74, 6) is -1.51. The van der Waals surface area contributed by atoms with Gasteiger partial charge in [0, 0.05) is 35.1 Å². The molecule has 0 aliphatic rings. The highest BCUT2D eigenvalue weighted by molar-refractivity contribution is 6.31. The molecule has 0 aromatic heterocycles. The number of non-ortho nitro benzene ring substituents is 1. The number of hydrogen-bond acceptors (Lipinski definition) is 7. The van der Waals surface area contributed by atoms with E-state index in [0.29, 0.717) is 10.7 Å². The molecule has 28 heavy (non-hydrogen) atoms. The first-order chi connectivity index (χ1) is 13.3. The minimum Gasteiger partial charge on any atom is -0.452 e. The third-order valence-corrected chi connectivity index (χ3v) is 4.06. The van der Waals surface area contributed by atoms with Gasteiger partial charge in [0.25, 0.3) is 11.6 Å². The highest BCUT2D eigenvalue weighted by Crippen LogP contribution is 2.23. The summed E-state index contributed by atoms with van der Waals surface area (Å²) in [5.41, 5.74) is 1.11. The summed E-state index contributed by atoms with van der Waals surface area (Å²) in [6.45, 7) is 1.16. The van der Waals surface area contributed by atoms with E-state index in [1.54, 1.807) is 18.2 Å². The number of aryl methyl sites for hydroxylation is 1. The van der Waals surface area contributed by atoms with E-state index in [9.17, 15) is 19.7 Å². The Morgan fingerprint density at radius 2 is 2.00 bits per heavy atom. The number of benzene rings is 2. The average Bonchev–Trinajstić information content (AvgIpc) is 2.67. The van der Waals surface area contributed by atoms with Crippen molar-refractivity contribution in [1.29, 1.82) is 0 Å². The summed E-state index contributed by atoms with van der Waals surface area (Å²) in [7, 11) is 0. The average molecular weight is 408 g/mol. The van der Waals surface area contributed by atoms with Crippen LogP contribution in [-0.4, -0.2) is 41.7 Å². The van der Waals surface area contributed by atoms with Gasteiger partial charge in [-0.1, -0.05) is 17.7 Å². The van der Waals surface area contributed by atoms with E-state index >= 15 is 0 Å². The Balaban J connectivity index is 2.06. The molecule has 0 spiro atoms. The summed E-state index contributed by atoms with van der Waals surface area (Å²) in [6, 6.07) is 8.53. The second kappa shape index (κ2) is 9.67. The molecule has 9 nitrogen and oxygen atoms in total. The van der Waals surface area contributed by atoms with Crippen molar-refractivity contribution in [3.63, 3.8) is 0 Å². The maximum atomic E-state index is 12.3. The summed E-state index contributed by atoms with van der Waals surface area (Å²) in [6.07, 6.45) is 0. The molecule has 0 aliphatic carbocycles. The highest BCUT2D eigenvalue weighted by Gasteiger charge is 2.19. The number of carbonyl (C=O) groups is 2. The molecule has 0 saturated carbocycles. The van der Waals surface area contributed by atoms with Gasteiger partial charge < -0.3 is 20.5 Å². The van der Waals surface area contributed by atoms with Crippen LogP contribution in [0, 0.1) is 17.0 Å². The van der Waals surface area contributed by atoms with Crippen LogP contribution in [0.2, 0.25) is 5.02 Å². The number of amides is 1. The number of aliphatic hydroxyl groups is 1. The first-order valence-electron chi connectivity index (χ1n) is 8.18. The molecule has 2 aromatic carbocycles. The van der Waals surface area contributed by atoms with Gasteiger partial charge in [0.05, 0.1) is 17.1 Å². The van der Waals surface area contributed by atoms with Crippen LogP contribution in [0.5, 0.6) is 0 Å². The molecule has 0 fully saturated rings. The van der Waals surface area contributed by atoms with Crippen LogP contribution in [0.4, 0.5) is 17.1 Å². The number of nitrogens with zero attached hydrogens (tertiary/aromatic N) is 1. The number of esters is 1. The quantitative estimate of drug-likeness (QED) is 0.348. The molecule has 0 heterocycles. The van der Waals surface area contributed by atoms with Crippen LogP contribution >= 0.6 is 11.6 Å². The van der Waals surface area contributed by atoms with E-state index in [-0.39, 0.29) is 30.1 Å². The lowest BCUT2D eigenvalue weighted by Gasteiger charge is -2.11. The second-order valence-electron chi connectivity index (χ2n) is 5.73. The number of nitro benzene ring substituents is 1. The number of hydrogen-bond donors (Lipinski definition) is 3. The van der Waals surface area contributed by atoms with E-state index < -0.39 is 23.4 Å². The zero-order chi connectivity index (χ0) is 20.7. The van der Waals surface area contributed by atoms with E-state index in [2.05, 4.69) is 10.6 Å². The first-order valence-corrected chi connectivity index (χ1v) is 8.56. The number of aliphatic hydroxyl groups excluding tert-OH is 1. The fourth-order valence-electron chi connectivity index (χ4n) is 2.24. The van der Waals surface area contributed by atoms with Crippen molar-refractivity contribution in [3.05, 3.63) is 62.7 Å². The van der Waals surface area contributed by atoms with Crippen molar-refractivity contribution < 1.29 is 24.4 Å². The Labute approximate surface area is 165 Å². The molecule has 2 aromatic rings. The smallest absolute Gasteiger partial charge is 0.341 e. The Bertz CT molecular complexity index is 903. The molecule has 3 N–H and O–H groups in total. The molecule has 0 radical (unpaired) electrons. The van der Waals surface area contributed by atoms with Gasteiger partial charge in [-0.05, 0) is 30.7 Å². The number of anilines is 2. The minimum atomic E-state index is -0.916. The molecule has 0 bridgehead atoms. The minimum absolute atomic E-state index is 0.117. The Hall–Kier alpha value is -3.17. The molecular weight excluding hydrogens is 390 g/mol. The molecule has 0 unspecified atom stereocenters. The van der Waals surface area contributed by atoms with Crippen molar-refractivity contribution >= 4 is 40.5 Å². The Kier molecular flexibility index (Phi) is 7.30. The number of carbonyl (C=O) groups excluding carboxylic acids is 2. The zero-order valence-corrected chi connectivity index (χ0v) is 15.7. The number of nitrogens with one attached hydrogen (secondary N) is 2. The Morgan fingerprint density at radius 1 is 1.25 bits per heavy atom. The zero-order valence-electron chi connectivity index (χ0n) is 14.9. The van der Waals surface area contributed by atoms with Crippen LogP contribution < -0.4 is 10.6 Å². The fraction of sp³-hybridized carbons (Fsp3) is 0.222. The second-order valence-corrected chi connectivity index (χ2v) is 6.13. The molecule has 0 saturated heterocycles. The van der Waals surface area contributed by atoms with Gasteiger partial charge in [0.2, 0.25) is 0 Å². The van der Waals surface area contributed by atoms with Gasteiger partial charge in [0.1, 0.15) is 0 Å². The van der Waals surface area contributed by atoms with E-state index in [0.717, 1.165) is 11.6 Å². The summed E-state index contributed by atoms with van der Waals surface area (Å²) >= 11 is 5.99. The van der Waals surface area contributed by atoms with Crippen LogP contribution in [0.15, 0.2) is 36.4 Å². The largest absolute Gasteiger partial charge is 0.452 e. The van der Waals surface area contributed by atoms with Crippen molar-refractivity contribution in [3.8, 4) is 0 Å². The van der Waals surface area contributed by atoms with Gasteiger partial charge in [-0.2, -0.15) is 0 Å². The molecule has 1 amide bonds. The van der Waals surface area contributed by atoms with E-state index in [1.165, 1.54) is 12.1 Å². The summed E-state index contributed by atoms with van der Waals surface area (Å²) < 4.78 is 4.96. The van der Waals surface area contributed by atoms with Crippen molar-refractivity contribution in [1.82, 2.24) is 0 Å². The molecule has 10 heteroatoms. The van der Waals surface area contributed by atoms with Gasteiger partial charge in [0.15, 0.2) is 6.61 Å². The van der Waals surface area contributed by atoms with Crippen LogP contribution in [-0.2, 0) is 9.53 Å². The molecule has 0 aliphatic heterocycles. The summed E-state index contributed by atoms with van der Waals surface area (Å²) in [5, 5.41) is 25.6. The maximum absolute atomic E-state index is 12.3. The topological polar surface area (TPSA) is 131 Å². The van der Waals surface area contributed by atoms with E-state index in [4.69, 9.17) is 21.4 Å². The SMILES string of the molecule is Cc1ccc(NC(=O)COC(=O)c2cc([N+](=O)[O-])ccc2NCCO)cc1Cl. The van der Waals surface area contributed by atoms with Crippen molar-refractivity contribution in [2.75, 3.05) is 30.4 Å². The fourth-order valence-corrected chi connectivity index (χ4v) is 2.42.